The molecule has 0 saturated heterocycles. The van der Waals surface area contributed by atoms with Crippen LogP contribution in [0.15, 0.2) is 30.3 Å². The van der Waals surface area contributed by atoms with Crippen molar-refractivity contribution < 1.29 is 9.53 Å². The molecule has 1 fully saturated rings. The molecule has 1 saturated carbocycles. The Bertz CT molecular complexity index is 657. The van der Waals surface area contributed by atoms with Gasteiger partial charge in [-0.15, -0.1) is 0 Å². The maximum absolute atomic E-state index is 12.0. The highest BCUT2D eigenvalue weighted by molar-refractivity contribution is 5.89. The number of esters is 1. The maximum Gasteiger partial charge on any atom is 0.338 e. The van der Waals surface area contributed by atoms with Gasteiger partial charge in [0.25, 0.3) is 0 Å². The van der Waals surface area contributed by atoms with E-state index >= 15 is 0 Å². The second-order valence-corrected chi connectivity index (χ2v) is 5.83. The molecule has 21 heavy (non-hydrogen) atoms. The van der Waals surface area contributed by atoms with E-state index in [2.05, 4.69) is 5.10 Å². The van der Waals surface area contributed by atoms with Crippen molar-refractivity contribution >= 4 is 5.97 Å². The van der Waals surface area contributed by atoms with Crippen LogP contribution >= 0.6 is 0 Å². The van der Waals surface area contributed by atoms with Crippen molar-refractivity contribution in [3.8, 4) is 0 Å². The Morgan fingerprint density at radius 1 is 1.33 bits per heavy atom. The number of hydrogen-bond acceptors (Lipinski definition) is 3. The van der Waals surface area contributed by atoms with Crippen molar-refractivity contribution in [1.29, 1.82) is 0 Å². The third kappa shape index (κ3) is 3.51. The Morgan fingerprint density at radius 3 is 2.81 bits per heavy atom. The number of hydrogen-bond donors (Lipinski definition) is 0. The molecule has 1 aliphatic rings. The Kier molecular flexibility index (Phi) is 3.78. The Labute approximate surface area is 124 Å². The van der Waals surface area contributed by atoms with Gasteiger partial charge >= 0.3 is 5.97 Å². The maximum atomic E-state index is 12.0. The van der Waals surface area contributed by atoms with Crippen LogP contribution in [0.5, 0.6) is 0 Å². The van der Waals surface area contributed by atoms with Gasteiger partial charge in [0.15, 0.2) is 0 Å². The summed E-state index contributed by atoms with van der Waals surface area (Å²) in [6.07, 6.45) is 2.37. The fraction of sp³-hybridized carbons (Fsp3) is 0.412. The topological polar surface area (TPSA) is 44.1 Å². The zero-order valence-corrected chi connectivity index (χ0v) is 12.5. The highest BCUT2D eigenvalue weighted by atomic mass is 16.5. The highest BCUT2D eigenvalue weighted by Crippen LogP contribution is 2.29. The number of aromatic nitrogens is 2. The lowest BCUT2D eigenvalue weighted by molar-refractivity contribution is 0.0486. The van der Waals surface area contributed by atoms with Crippen molar-refractivity contribution in [2.75, 3.05) is 6.61 Å². The average Bonchev–Trinajstić information content (AvgIpc) is 3.23. The van der Waals surface area contributed by atoms with Gasteiger partial charge in [-0.2, -0.15) is 5.10 Å². The predicted molar refractivity (Wildman–Crippen MR) is 80.3 cm³/mol. The quantitative estimate of drug-likeness (QED) is 0.792. The summed E-state index contributed by atoms with van der Waals surface area (Å²) in [6.45, 7) is 5.24. The summed E-state index contributed by atoms with van der Waals surface area (Å²) in [5, 5.41) is 4.45. The first-order chi connectivity index (χ1) is 10.1. The molecule has 3 rings (SSSR count). The number of carbonyl (C=O) groups is 1. The van der Waals surface area contributed by atoms with E-state index in [0.717, 1.165) is 17.0 Å². The van der Waals surface area contributed by atoms with Crippen LogP contribution in [0.3, 0.4) is 0 Å². The molecule has 4 nitrogen and oxygen atoms in total. The van der Waals surface area contributed by atoms with Gasteiger partial charge in [0.05, 0.1) is 24.4 Å². The van der Waals surface area contributed by atoms with Crippen molar-refractivity contribution in [3.63, 3.8) is 0 Å². The van der Waals surface area contributed by atoms with Gasteiger partial charge in [-0.3, -0.25) is 4.68 Å². The standard InChI is InChI=1S/C17H20N2O2/c1-12-8-13(2)19(18-12)10-15-4-3-5-16(9-15)17(20)21-11-14-6-7-14/h3-5,8-9,14H,6-7,10-11H2,1-2H3. The predicted octanol–water partition coefficient (Wildman–Crippen LogP) is 3.12. The largest absolute Gasteiger partial charge is 0.462 e. The molecule has 1 aromatic heterocycles. The normalized spacial score (nSPS) is 14.2. The monoisotopic (exact) mass is 284 g/mol. The lowest BCUT2D eigenvalue weighted by atomic mass is 10.1. The van der Waals surface area contributed by atoms with E-state index < -0.39 is 0 Å². The van der Waals surface area contributed by atoms with E-state index in [4.69, 9.17) is 4.74 Å². The molecule has 0 spiro atoms. The first kappa shape index (κ1) is 13.9. The smallest absolute Gasteiger partial charge is 0.338 e. The van der Waals surface area contributed by atoms with E-state index in [1.54, 1.807) is 6.07 Å². The first-order valence-corrected chi connectivity index (χ1v) is 7.39. The number of aryl methyl sites for hydroxylation is 2. The van der Waals surface area contributed by atoms with Crippen LogP contribution in [0.4, 0.5) is 0 Å². The molecule has 0 N–H and O–H groups in total. The van der Waals surface area contributed by atoms with Crippen molar-refractivity contribution in [1.82, 2.24) is 9.78 Å². The van der Waals surface area contributed by atoms with E-state index in [-0.39, 0.29) is 5.97 Å². The fourth-order valence-electron chi connectivity index (χ4n) is 2.37. The van der Waals surface area contributed by atoms with E-state index in [1.165, 1.54) is 12.8 Å². The third-order valence-corrected chi connectivity index (χ3v) is 3.75. The molecule has 0 radical (unpaired) electrons. The molecular weight excluding hydrogens is 264 g/mol. The summed E-state index contributed by atoms with van der Waals surface area (Å²) < 4.78 is 7.27. The Hall–Kier alpha value is -2.10. The highest BCUT2D eigenvalue weighted by Gasteiger charge is 2.23. The molecule has 0 aliphatic heterocycles. The zero-order valence-electron chi connectivity index (χ0n) is 12.5. The van der Waals surface area contributed by atoms with Gasteiger partial charge < -0.3 is 4.74 Å². The molecule has 1 heterocycles. The summed E-state index contributed by atoms with van der Waals surface area (Å²) in [5.74, 6) is 0.365. The summed E-state index contributed by atoms with van der Waals surface area (Å²) in [5.41, 5.74) is 3.80. The average molecular weight is 284 g/mol. The SMILES string of the molecule is Cc1cc(C)n(Cc2cccc(C(=O)OCC3CC3)c2)n1. The minimum Gasteiger partial charge on any atom is -0.462 e. The van der Waals surface area contributed by atoms with Crippen LogP contribution in [0.25, 0.3) is 0 Å². The third-order valence-electron chi connectivity index (χ3n) is 3.75. The van der Waals surface area contributed by atoms with Crippen LogP contribution in [0.2, 0.25) is 0 Å². The lowest BCUT2D eigenvalue weighted by Gasteiger charge is -2.07. The molecule has 1 aliphatic carbocycles. The number of rotatable bonds is 5. The summed E-state index contributed by atoms with van der Waals surface area (Å²) in [7, 11) is 0. The molecule has 0 unspecified atom stereocenters. The molecule has 0 atom stereocenters. The fourth-order valence-corrected chi connectivity index (χ4v) is 2.37. The molecule has 110 valence electrons. The molecule has 0 amide bonds. The second kappa shape index (κ2) is 5.72. The molecular formula is C17H20N2O2. The Morgan fingerprint density at radius 2 is 2.14 bits per heavy atom. The van der Waals surface area contributed by atoms with E-state index in [0.29, 0.717) is 24.6 Å². The van der Waals surface area contributed by atoms with Gasteiger partial charge in [-0.05, 0) is 56.4 Å². The molecule has 0 bridgehead atoms. The van der Waals surface area contributed by atoms with Crippen molar-refractivity contribution in [2.24, 2.45) is 5.92 Å². The number of carbonyl (C=O) groups excluding carboxylic acids is 1. The first-order valence-electron chi connectivity index (χ1n) is 7.39. The van der Waals surface area contributed by atoms with E-state index in [9.17, 15) is 4.79 Å². The van der Waals surface area contributed by atoms with Crippen molar-refractivity contribution in [2.45, 2.75) is 33.2 Å². The second-order valence-electron chi connectivity index (χ2n) is 5.83. The van der Waals surface area contributed by atoms with Gasteiger partial charge in [0.1, 0.15) is 0 Å². The molecule has 4 heteroatoms. The van der Waals surface area contributed by atoms with Gasteiger partial charge in [0.2, 0.25) is 0 Å². The minimum atomic E-state index is -0.225. The lowest BCUT2D eigenvalue weighted by Crippen LogP contribution is -2.09. The zero-order chi connectivity index (χ0) is 14.8. The van der Waals surface area contributed by atoms with Gasteiger partial charge in [0, 0.05) is 5.69 Å². The summed E-state index contributed by atoms with van der Waals surface area (Å²) in [4.78, 5) is 12.0. The van der Waals surface area contributed by atoms with E-state index in [1.807, 2.05) is 42.8 Å². The van der Waals surface area contributed by atoms with Crippen LogP contribution in [-0.2, 0) is 11.3 Å². The summed E-state index contributed by atoms with van der Waals surface area (Å²) >= 11 is 0. The van der Waals surface area contributed by atoms with Crippen LogP contribution in [0.1, 0.15) is 40.2 Å². The molecule has 2 aromatic rings. The number of nitrogens with zero attached hydrogens (tertiary/aromatic N) is 2. The van der Waals surface area contributed by atoms with Crippen LogP contribution < -0.4 is 0 Å². The van der Waals surface area contributed by atoms with Gasteiger partial charge in [-0.25, -0.2) is 4.79 Å². The van der Waals surface area contributed by atoms with Crippen LogP contribution in [0, 0.1) is 19.8 Å². The number of ether oxygens (including phenoxy) is 1. The van der Waals surface area contributed by atoms with Gasteiger partial charge in [-0.1, -0.05) is 12.1 Å². The van der Waals surface area contributed by atoms with Crippen LogP contribution in [-0.4, -0.2) is 22.4 Å². The minimum absolute atomic E-state index is 0.225. The Balaban J connectivity index is 1.69. The van der Waals surface area contributed by atoms with Crippen molar-refractivity contribution in [3.05, 3.63) is 52.8 Å². The number of benzene rings is 1. The molecule has 1 aromatic carbocycles. The summed E-state index contributed by atoms with van der Waals surface area (Å²) in [6, 6.07) is 9.65.